The molecule has 1 fully saturated rings. The Morgan fingerprint density at radius 2 is 1.88 bits per heavy atom. The van der Waals surface area contributed by atoms with Crippen LogP contribution in [0.5, 0.6) is 0 Å². The van der Waals surface area contributed by atoms with Crippen molar-refractivity contribution in [3.05, 3.63) is 72.7 Å². The summed E-state index contributed by atoms with van der Waals surface area (Å²) < 4.78 is 27.1. The first-order valence-electron chi connectivity index (χ1n) is 13.3. The van der Waals surface area contributed by atoms with Crippen molar-refractivity contribution in [3.63, 3.8) is 0 Å². The van der Waals surface area contributed by atoms with Crippen LogP contribution in [0.25, 0.3) is 28.0 Å². The number of sulfone groups is 1. The number of pyridine rings is 1. The van der Waals surface area contributed by atoms with Gasteiger partial charge in [0.15, 0.2) is 15.5 Å². The Morgan fingerprint density at radius 3 is 2.56 bits per heavy atom. The molecule has 1 amide bonds. The smallest absolute Gasteiger partial charge is 0.291 e. The lowest BCUT2D eigenvalue weighted by Gasteiger charge is -2.28. The normalized spacial score (nSPS) is 17.4. The van der Waals surface area contributed by atoms with Crippen molar-refractivity contribution in [2.75, 3.05) is 12.0 Å². The second-order valence-electron chi connectivity index (χ2n) is 10.3. The van der Waals surface area contributed by atoms with E-state index in [9.17, 15) is 13.2 Å². The van der Waals surface area contributed by atoms with Crippen LogP contribution in [0.4, 0.5) is 5.82 Å². The van der Waals surface area contributed by atoms with Crippen molar-refractivity contribution >= 4 is 27.2 Å². The first-order valence-corrected chi connectivity index (χ1v) is 15.2. The Labute approximate surface area is 236 Å². The predicted octanol–water partition coefficient (Wildman–Crippen LogP) is 3.19. The van der Waals surface area contributed by atoms with Gasteiger partial charge < -0.3 is 10.6 Å². The zero-order chi connectivity index (χ0) is 28.7. The molecule has 5 aromatic rings. The van der Waals surface area contributed by atoms with Gasteiger partial charge in [0.1, 0.15) is 17.0 Å². The fourth-order valence-electron chi connectivity index (χ4n) is 5.61. The summed E-state index contributed by atoms with van der Waals surface area (Å²) in [6.07, 6.45) is 8.20. The lowest BCUT2D eigenvalue weighted by molar-refractivity contribution is 0.0660. The van der Waals surface area contributed by atoms with Crippen LogP contribution in [-0.4, -0.2) is 72.3 Å². The minimum atomic E-state index is -3.73. The molecule has 0 spiro atoms. The van der Waals surface area contributed by atoms with E-state index >= 15 is 0 Å². The van der Waals surface area contributed by atoms with Gasteiger partial charge in [-0.25, -0.2) is 18.4 Å². The number of benzene rings is 1. The molecule has 210 valence electrons. The van der Waals surface area contributed by atoms with Crippen LogP contribution in [0.15, 0.2) is 66.1 Å². The number of carbonyl (C=O) groups is 1. The van der Waals surface area contributed by atoms with Crippen LogP contribution < -0.4 is 5.73 Å². The van der Waals surface area contributed by atoms with E-state index in [2.05, 4.69) is 25.3 Å². The van der Waals surface area contributed by atoms with Crippen LogP contribution in [-0.2, 0) is 16.3 Å². The van der Waals surface area contributed by atoms with E-state index in [0.717, 1.165) is 35.9 Å². The molecule has 3 N–H and O–H groups in total. The Bertz CT molecular complexity index is 1820. The van der Waals surface area contributed by atoms with Gasteiger partial charge in [0, 0.05) is 41.2 Å². The summed E-state index contributed by atoms with van der Waals surface area (Å²) in [7, 11) is -3.73. The zero-order valence-corrected chi connectivity index (χ0v) is 23.4. The molecule has 5 heterocycles. The van der Waals surface area contributed by atoms with E-state index in [-0.39, 0.29) is 34.5 Å². The van der Waals surface area contributed by atoms with Crippen molar-refractivity contribution in [2.24, 2.45) is 0 Å². The molecule has 1 saturated heterocycles. The molecule has 2 atom stereocenters. The zero-order valence-electron chi connectivity index (χ0n) is 22.6. The Kier molecular flexibility index (Phi) is 6.73. The minimum absolute atomic E-state index is 0.00185. The van der Waals surface area contributed by atoms with E-state index < -0.39 is 9.84 Å². The van der Waals surface area contributed by atoms with Crippen molar-refractivity contribution in [1.29, 1.82) is 0 Å². The third kappa shape index (κ3) is 4.92. The Morgan fingerprint density at radius 1 is 1.07 bits per heavy atom. The molecule has 13 heteroatoms. The molecule has 6 rings (SSSR count). The minimum Gasteiger partial charge on any atom is -0.382 e. The molecule has 4 aromatic heterocycles. The standard InChI is InChI=1S/C28H29N9O3S/c1-17-8-10-20(36(17)28(38)26-31-16-32-35-26)11-13-23-24(41(2,39)40)25(29)37-27(34-23)21(15-33-37)19-9-12-22(30-14-19)18-6-4-3-5-7-18/h3-7,9,12,14-17,20H,8,10-11,13,29H2,1-2H3,(H,31,32,35). The number of nitrogens with two attached hydrogens (primary N) is 1. The number of nitrogens with one attached hydrogen (secondary N) is 1. The average molecular weight is 572 g/mol. The number of H-pyrrole nitrogens is 1. The first kappa shape index (κ1) is 26.6. The number of hydrogen-bond acceptors (Lipinski definition) is 9. The van der Waals surface area contributed by atoms with Crippen LogP contribution in [0.2, 0.25) is 0 Å². The maximum atomic E-state index is 13.1. The Balaban J connectivity index is 1.35. The summed E-state index contributed by atoms with van der Waals surface area (Å²) in [6.45, 7) is 1.99. The monoisotopic (exact) mass is 571 g/mol. The van der Waals surface area contributed by atoms with Gasteiger partial charge in [-0.05, 0) is 38.7 Å². The SMILES string of the molecule is CC1CCC(CCc2nc3c(-c4ccc(-c5ccccc5)nc4)cnn3c(N)c2S(C)(=O)=O)N1C(=O)c1ncn[nH]1. The molecular weight excluding hydrogens is 542 g/mol. The number of carbonyl (C=O) groups excluding carboxylic acids is 1. The van der Waals surface area contributed by atoms with E-state index in [1.54, 1.807) is 17.3 Å². The number of aryl methyl sites for hydroxylation is 1. The number of fused-ring (bicyclic) bond motifs is 1. The number of amides is 1. The predicted molar refractivity (Wildman–Crippen MR) is 153 cm³/mol. The molecule has 12 nitrogen and oxygen atoms in total. The van der Waals surface area contributed by atoms with E-state index in [4.69, 9.17) is 10.7 Å². The first-order chi connectivity index (χ1) is 19.7. The van der Waals surface area contributed by atoms with E-state index in [0.29, 0.717) is 29.7 Å². The van der Waals surface area contributed by atoms with Gasteiger partial charge in [-0.3, -0.25) is 14.9 Å². The number of nitrogen functional groups attached to an aromatic ring is 1. The van der Waals surface area contributed by atoms with Gasteiger partial charge in [0.2, 0.25) is 5.82 Å². The van der Waals surface area contributed by atoms with Crippen molar-refractivity contribution in [3.8, 4) is 22.4 Å². The molecule has 1 aliphatic rings. The largest absolute Gasteiger partial charge is 0.382 e. The Hall–Kier alpha value is -4.65. The third-order valence-electron chi connectivity index (χ3n) is 7.57. The topological polar surface area (TPSA) is 165 Å². The van der Waals surface area contributed by atoms with Crippen molar-refractivity contribution in [1.82, 2.24) is 39.7 Å². The number of nitrogens with zero attached hydrogens (tertiary/aromatic N) is 7. The highest BCUT2D eigenvalue weighted by molar-refractivity contribution is 7.91. The van der Waals surface area contributed by atoms with Gasteiger partial charge in [-0.15, -0.1) is 0 Å². The van der Waals surface area contributed by atoms with Crippen LogP contribution in [0, 0.1) is 0 Å². The maximum absolute atomic E-state index is 13.1. The van der Waals surface area contributed by atoms with Gasteiger partial charge >= 0.3 is 0 Å². The van der Waals surface area contributed by atoms with Gasteiger partial charge in [-0.1, -0.05) is 36.4 Å². The van der Waals surface area contributed by atoms with E-state index in [1.165, 1.54) is 10.8 Å². The molecule has 0 saturated carbocycles. The number of likely N-dealkylation sites (tertiary alicyclic amines) is 1. The lowest BCUT2D eigenvalue weighted by atomic mass is 10.1. The van der Waals surface area contributed by atoms with E-state index in [1.807, 2.05) is 49.4 Å². The second kappa shape index (κ2) is 10.4. The summed E-state index contributed by atoms with van der Waals surface area (Å²) >= 11 is 0. The molecule has 0 bridgehead atoms. The summed E-state index contributed by atoms with van der Waals surface area (Å²) in [4.78, 5) is 28.3. The highest BCUT2D eigenvalue weighted by Gasteiger charge is 2.36. The fraction of sp³-hybridized carbons (Fsp3) is 0.286. The average Bonchev–Trinajstić information content (AvgIpc) is 3.72. The van der Waals surface area contributed by atoms with Crippen molar-refractivity contribution < 1.29 is 13.2 Å². The summed E-state index contributed by atoms with van der Waals surface area (Å²) in [5, 5.41) is 10.8. The number of hydrogen-bond donors (Lipinski definition) is 2. The molecule has 0 aliphatic carbocycles. The molecular formula is C28H29N9O3S. The van der Waals surface area contributed by atoms with Gasteiger partial charge in [0.05, 0.1) is 17.6 Å². The van der Waals surface area contributed by atoms with Crippen LogP contribution >= 0.6 is 0 Å². The van der Waals surface area contributed by atoms with Crippen LogP contribution in [0.3, 0.4) is 0 Å². The number of aromatic nitrogens is 7. The van der Waals surface area contributed by atoms with Gasteiger partial charge in [-0.2, -0.15) is 14.7 Å². The number of anilines is 1. The summed E-state index contributed by atoms with van der Waals surface area (Å²) in [6, 6.07) is 13.6. The molecule has 0 radical (unpaired) electrons. The molecule has 1 aliphatic heterocycles. The molecule has 2 unspecified atom stereocenters. The highest BCUT2D eigenvalue weighted by Crippen LogP contribution is 2.33. The summed E-state index contributed by atoms with van der Waals surface area (Å²) in [5.41, 5.74) is 10.5. The number of aromatic amines is 1. The second-order valence-corrected chi connectivity index (χ2v) is 12.3. The maximum Gasteiger partial charge on any atom is 0.291 e. The fourth-order valence-corrected chi connectivity index (χ4v) is 6.66. The molecule has 1 aromatic carbocycles. The molecule has 41 heavy (non-hydrogen) atoms. The third-order valence-corrected chi connectivity index (χ3v) is 8.76. The quantitative estimate of drug-likeness (QED) is 0.298. The number of rotatable bonds is 7. The van der Waals surface area contributed by atoms with Crippen LogP contribution in [0.1, 0.15) is 42.5 Å². The summed E-state index contributed by atoms with van der Waals surface area (Å²) in [5.74, 6) is -0.0459. The highest BCUT2D eigenvalue weighted by atomic mass is 32.2. The van der Waals surface area contributed by atoms with Crippen molar-refractivity contribution in [2.45, 2.75) is 49.6 Å². The van der Waals surface area contributed by atoms with Gasteiger partial charge in [0.25, 0.3) is 5.91 Å². The lowest BCUT2D eigenvalue weighted by Crippen LogP contribution is -2.40.